The predicted molar refractivity (Wildman–Crippen MR) is 260 cm³/mol. The Hall–Kier alpha value is -4.63. The maximum Gasteiger partial charge on any atom is 0.0887 e. The summed E-state index contributed by atoms with van der Waals surface area (Å²) in [5, 5.41) is 17.3. The number of benzene rings is 1. The molecule has 9 aliphatic rings. The summed E-state index contributed by atoms with van der Waals surface area (Å²) >= 11 is 0. The van der Waals surface area contributed by atoms with Gasteiger partial charge in [-0.2, -0.15) is 5.26 Å². The fourth-order valence-electron chi connectivity index (χ4n) is 15.1. The van der Waals surface area contributed by atoms with Crippen molar-refractivity contribution < 1.29 is 0 Å². The molecular weight excluding hydrogens is 767 g/mol. The topological polar surface area (TPSA) is 48.9 Å². The van der Waals surface area contributed by atoms with E-state index in [0.29, 0.717) is 23.8 Å². The van der Waals surface area contributed by atoms with Crippen LogP contribution in [0, 0.1) is 60.2 Å². The van der Waals surface area contributed by atoms with Gasteiger partial charge in [-0.1, -0.05) is 104 Å². The van der Waals surface area contributed by atoms with Gasteiger partial charge < -0.3 is 9.13 Å². The molecule has 324 valence electrons. The summed E-state index contributed by atoms with van der Waals surface area (Å²) < 4.78 is 5.56. The summed E-state index contributed by atoms with van der Waals surface area (Å²) in [5.41, 5.74) is 19.4. The monoisotopic (exact) mass is 834 g/mol. The summed E-state index contributed by atoms with van der Waals surface area (Å²) in [4.78, 5) is 2.91. The van der Waals surface area contributed by atoms with Gasteiger partial charge >= 0.3 is 0 Å². The molecular formula is C58H67N5. The number of aryl methyl sites for hydroxylation is 2. The lowest BCUT2D eigenvalue weighted by atomic mass is 9.70. The molecule has 5 heteroatoms. The molecule has 0 radical (unpaired) electrons. The Morgan fingerprint density at radius 3 is 2.41 bits per heavy atom. The van der Waals surface area contributed by atoms with Crippen LogP contribution in [0.4, 0.5) is 0 Å². The van der Waals surface area contributed by atoms with Crippen LogP contribution in [0.15, 0.2) is 89.6 Å². The van der Waals surface area contributed by atoms with Gasteiger partial charge in [-0.15, -0.1) is 0 Å². The van der Waals surface area contributed by atoms with E-state index >= 15 is 0 Å². The molecule has 5 nitrogen and oxygen atoms in total. The highest BCUT2D eigenvalue weighted by Gasteiger charge is 2.55. The Bertz CT molecular complexity index is 2680. The van der Waals surface area contributed by atoms with E-state index in [-0.39, 0.29) is 41.7 Å². The zero-order valence-electron chi connectivity index (χ0n) is 38.6. The van der Waals surface area contributed by atoms with Crippen molar-refractivity contribution in [1.29, 1.82) is 5.26 Å². The normalized spacial score (nSPS) is 33.9. The molecule has 1 saturated heterocycles. The molecule has 1 aliphatic heterocycles. The number of allylic oxidation sites excluding steroid dienone is 11. The van der Waals surface area contributed by atoms with Gasteiger partial charge in [0.25, 0.3) is 0 Å². The Morgan fingerprint density at radius 2 is 1.67 bits per heavy atom. The zero-order chi connectivity index (χ0) is 42.9. The second-order valence-electron chi connectivity index (χ2n) is 21.8. The minimum Gasteiger partial charge on any atom is -0.337 e. The number of nitriles is 1. The minimum absolute atomic E-state index is 0.0871. The van der Waals surface area contributed by atoms with Crippen LogP contribution in [-0.4, -0.2) is 32.4 Å². The Morgan fingerprint density at radius 1 is 0.873 bits per heavy atom. The number of fused-ring (bicyclic) bond motifs is 9. The summed E-state index contributed by atoms with van der Waals surface area (Å²) in [5.74, 6) is 1.76. The van der Waals surface area contributed by atoms with E-state index in [1.165, 1.54) is 75.1 Å². The van der Waals surface area contributed by atoms with Gasteiger partial charge in [-0.05, 0) is 167 Å². The predicted octanol–water partition coefficient (Wildman–Crippen LogP) is 13.0. The van der Waals surface area contributed by atoms with Crippen molar-refractivity contribution in [2.75, 3.05) is 0 Å². The lowest BCUT2D eigenvalue weighted by molar-refractivity contribution is -0.0900. The van der Waals surface area contributed by atoms with E-state index in [2.05, 4.69) is 152 Å². The first-order chi connectivity index (χ1) is 30.6. The summed E-state index contributed by atoms with van der Waals surface area (Å²) in [6, 6.07) is 8.61. The van der Waals surface area contributed by atoms with Gasteiger partial charge in [-0.3, -0.25) is 10.2 Å². The Kier molecular flexibility index (Phi) is 9.48. The third-order valence-electron chi connectivity index (χ3n) is 17.7. The average molecular weight is 834 g/mol. The second kappa shape index (κ2) is 15.0. The SMILES string of the molecule is CC1=CC(C)Cc2c1n(C1CC(n3c4c(c5c3C=CCC5)CCC=C4)C(C#N)CC1C1NC(C3=CCC4C(=C3)C3CC=CC=C3C4(C)C)N1C1C=CCCC1)c1c(C)cc(C)cc21. The number of hydrogen-bond acceptors (Lipinski definition) is 3. The van der Waals surface area contributed by atoms with E-state index in [9.17, 15) is 5.26 Å². The number of nitrogens with one attached hydrogen (secondary N) is 1. The summed E-state index contributed by atoms with van der Waals surface area (Å²) in [6.07, 6.45) is 43.0. The lowest BCUT2D eigenvalue weighted by Crippen LogP contribution is -2.75. The zero-order valence-corrected chi connectivity index (χ0v) is 38.6. The highest BCUT2D eigenvalue weighted by molar-refractivity contribution is 5.93. The fourth-order valence-corrected chi connectivity index (χ4v) is 15.1. The van der Waals surface area contributed by atoms with Crippen LogP contribution in [0.5, 0.6) is 0 Å². The van der Waals surface area contributed by atoms with Crippen molar-refractivity contribution in [2.45, 2.75) is 149 Å². The van der Waals surface area contributed by atoms with Crippen molar-refractivity contribution in [3.05, 3.63) is 135 Å². The summed E-state index contributed by atoms with van der Waals surface area (Å²) in [7, 11) is 0. The Labute approximate surface area is 376 Å². The smallest absolute Gasteiger partial charge is 0.0887 e. The molecule has 2 aromatic heterocycles. The molecule has 0 bridgehead atoms. The van der Waals surface area contributed by atoms with E-state index in [1.807, 2.05) is 0 Å². The van der Waals surface area contributed by atoms with Gasteiger partial charge in [0, 0.05) is 46.4 Å². The molecule has 10 atom stereocenters. The van der Waals surface area contributed by atoms with Crippen LogP contribution >= 0.6 is 0 Å². The molecule has 1 N–H and O–H groups in total. The minimum atomic E-state index is -0.0955. The molecule has 3 heterocycles. The molecule has 10 unspecified atom stereocenters. The third-order valence-corrected chi connectivity index (χ3v) is 17.7. The van der Waals surface area contributed by atoms with Crippen molar-refractivity contribution in [2.24, 2.45) is 35.0 Å². The number of rotatable bonds is 5. The number of hydrogen-bond donors (Lipinski definition) is 1. The molecule has 1 aromatic carbocycles. The van der Waals surface area contributed by atoms with E-state index in [4.69, 9.17) is 0 Å². The number of aromatic nitrogens is 2. The van der Waals surface area contributed by atoms with Crippen molar-refractivity contribution >= 4 is 28.6 Å². The van der Waals surface area contributed by atoms with Gasteiger partial charge in [0.05, 0.1) is 35.9 Å². The molecule has 3 aromatic rings. The summed E-state index contributed by atoms with van der Waals surface area (Å²) in [6.45, 7) is 14.4. The van der Waals surface area contributed by atoms with Crippen LogP contribution in [-0.2, 0) is 19.3 Å². The first kappa shape index (κ1) is 39.9. The number of nitrogens with zero attached hydrogens (tertiary/aromatic N) is 4. The first-order valence-electron chi connectivity index (χ1n) is 24.9. The Balaban J connectivity index is 1.01. The van der Waals surface area contributed by atoms with Crippen LogP contribution in [0.2, 0.25) is 0 Å². The van der Waals surface area contributed by atoms with Crippen LogP contribution in [0.25, 0.3) is 28.6 Å². The first-order valence-corrected chi connectivity index (χ1v) is 24.9. The standard InChI is InChI=1S/C58H67N5/c1-34-26-36(3)54-45(28-34)46-29-35(2)27-37(4)55(46)63(54)53-32-52(62-50-22-14-11-19-42(50)43-20-12-15-23-51(43)62)39(33-59)31-47(53)57-60-56(61(57)40-16-8-7-9-17-40)38-24-25-49-44(30-38)41-18-10-13-21-48(41)58(49,5)6/h8,10,13-16,21-24,26-28,30,35,39-41,47,49,52-53,56-57,60H,7,9,11-12,17-20,25,29,31-32H2,1-6H3. The van der Waals surface area contributed by atoms with Crippen LogP contribution < -0.4 is 5.32 Å². The quantitative estimate of drug-likeness (QED) is 0.261. The van der Waals surface area contributed by atoms with Crippen molar-refractivity contribution in [3.63, 3.8) is 0 Å². The lowest BCUT2D eigenvalue weighted by Gasteiger charge is -2.59. The van der Waals surface area contributed by atoms with Gasteiger partial charge in [0.15, 0.2) is 0 Å². The maximum absolute atomic E-state index is 11.5. The fraction of sp³-hybridized carbons (Fsp3) is 0.500. The van der Waals surface area contributed by atoms with Crippen molar-refractivity contribution in [1.82, 2.24) is 19.4 Å². The molecule has 8 aliphatic carbocycles. The molecule has 63 heavy (non-hydrogen) atoms. The third kappa shape index (κ3) is 5.99. The van der Waals surface area contributed by atoms with E-state index in [0.717, 1.165) is 57.8 Å². The highest BCUT2D eigenvalue weighted by Crippen LogP contribution is 2.60. The van der Waals surface area contributed by atoms with Gasteiger partial charge in [0.1, 0.15) is 0 Å². The van der Waals surface area contributed by atoms with Crippen LogP contribution in [0.3, 0.4) is 0 Å². The maximum atomic E-state index is 11.5. The van der Waals surface area contributed by atoms with Gasteiger partial charge in [0.2, 0.25) is 0 Å². The molecule has 3 fully saturated rings. The van der Waals surface area contributed by atoms with E-state index in [1.54, 1.807) is 22.3 Å². The molecule has 12 rings (SSSR count). The largest absolute Gasteiger partial charge is 0.337 e. The average Bonchev–Trinajstić information content (AvgIpc) is 3.87. The molecule has 0 amide bonds. The molecule has 0 spiro atoms. The van der Waals surface area contributed by atoms with Crippen LogP contribution in [0.1, 0.15) is 142 Å². The highest BCUT2D eigenvalue weighted by atomic mass is 15.5. The van der Waals surface area contributed by atoms with E-state index < -0.39 is 0 Å². The second-order valence-corrected chi connectivity index (χ2v) is 21.8. The van der Waals surface area contributed by atoms with Gasteiger partial charge in [-0.25, -0.2) is 0 Å². The molecule has 2 saturated carbocycles. The van der Waals surface area contributed by atoms with Crippen molar-refractivity contribution in [3.8, 4) is 6.07 Å².